The number of rotatable bonds is 2. The molecule has 2 aromatic rings. The van der Waals surface area contributed by atoms with E-state index in [-0.39, 0.29) is 6.42 Å². The summed E-state index contributed by atoms with van der Waals surface area (Å²) in [6.45, 7) is 5.24. The molecule has 0 radical (unpaired) electrons. The fourth-order valence-corrected chi connectivity index (χ4v) is 2.13. The lowest BCUT2D eigenvalue weighted by molar-refractivity contribution is 0.329. The van der Waals surface area contributed by atoms with Crippen LogP contribution >= 0.6 is 0 Å². The van der Waals surface area contributed by atoms with Crippen LogP contribution in [0.2, 0.25) is 0 Å². The van der Waals surface area contributed by atoms with Gasteiger partial charge in [0.05, 0.1) is 11.1 Å². The Labute approximate surface area is 140 Å². The highest BCUT2D eigenvalue weighted by Gasteiger charge is 2.32. The van der Waals surface area contributed by atoms with E-state index in [0.717, 1.165) is 0 Å². The Kier molecular flexibility index (Phi) is 5.96. The van der Waals surface area contributed by atoms with Crippen LogP contribution in [0.25, 0.3) is 11.1 Å². The van der Waals surface area contributed by atoms with Gasteiger partial charge in [-0.15, -0.1) is 0 Å². The van der Waals surface area contributed by atoms with Crippen LogP contribution in [0.15, 0.2) is 0 Å². The molecule has 0 fully saturated rings. The van der Waals surface area contributed by atoms with Crippen molar-refractivity contribution in [2.24, 2.45) is 0 Å². The zero-order valence-electron chi connectivity index (χ0n) is 13.5. The van der Waals surface area contributed by atoms with Crippen LogP contribution in [0.1, 0.15) is 26.3 Å². The Balaban J connectivity index is 0.00000151. The first kappa shape index (κ1) is 20.2. The SMILES string of the molecule is CC.CCc1c(F)c(F)c(-c2c(O)c(O)c(O)c(O)c2O)c(F)c1F. The lowest BCUT2D eigenvalue weighted by Crippen LogP contribution is -2.05. The zero-order chi connectivity index (χ0) is 19.6. The monoisotopic (exact) mass is 364 g/mol. The van der Waals surface area contributed by atoms with Crippen LogP contribution in [0.3, 0.4) is 0 Å². The largest absolute Gasteiger partial charge is 0.504 e. The van der Waals surface area contributed by atoms with Crippen LogP contribution < -0.4 is 0 Å². The van der Waals surface area contributed by atoms with Crippen molar-refractivity contribution in [1.29, 1.82) is 0 Å². The van der Waals surface area contributed by atoms with Crippen LogP contribution in [0, 0.1) is 23.3 Å². The summed E-state index contributed by atoms with van der Waals surface area (Å²) in [5, 5.41) is 47.2. The number of halogens is 4. The maximum atomic E-state index is 14.1. The summed E-state index contributed by atoms with van der Waals surface area (Å²) in [5.41, 5.74) is -3.75. The first-order valence-electron chi connectivity index (χ1n) is 7.18. The average Bonchev–Trinajstić information content (AvgIpc) is 2.61. The third-order valence-corrected chi connectivity index (χ3v) is 3.33. The van der Waals surface area contributed by atoms with Crippen molar-refractivity contribution in [3.63, 3.8) is 0 Å². The van der Waals surface area contributed by atoms with Gasteiger partial charge >= 0.3 is 0 Å². The molecular weight excluding hydrogens is 348 g/mol. The number of hydrogen-bond acceptors (Lipinski definition) is 5. The molecule has 5 nitrogen and oxygen atoms in total. The van der Waals surface area contributed by atoms with Gasteiger partial charge in [-0.1, -0.05) is 20.8 Å². The average molecular weight is 364 g/mol. The number of phenols is 5. The van der Waals surface area contributed by atoms with E-state index in [2.05, 4.69) is 0 Å². The maximum absolute atomic E-state index is 14.1. The normalized spacial score (nSPS) is 10.4. The van der Waals surface area contributed by atoms with Crippen molar-refractivity contribution in [3.8, 4) is 39.9 Å². The van der Waals surface area contributed by atoms with Gasteiger partial charge in [-0.25, -0.2) is 17.6 Å². The maximum Gasteiger partial charge on any atom is 0.208 e. The van der Waals surface area contributed by atoms with Gasteiger partial charge in [-0.2, -0.15) is 0 Å². The van der Waals surface area contributed by atoms with Gasteiger partial charge in [0.1, 0.15) is 0 Å². The molecule has 2 rings (SSSR count). The fourth-order valence-electron chi connectivity index (χ4n) is 2.13. The predicted molar refractivity (Wildman–Crippen MR) is 80.8 cm³/mol. The Morgan fingerprint density at radius 3 is 1.20 bits per heavy atom. The smallest absolute Gasteiger partial charge is 0.208 e. The number of phenolic OH excluding ortho intramolecular Hbond substituents is 5. The molecule has 0 aliphatic heterocycles. The van der Waals surface area contributed by atoms with Gasteiger partial charge < -0.3 is 25.5 Å². The lowest BCUT2D eigenvalue weighted by Gasteiger charge is -2.15. The van der Waals surface area contributed by atoms with Crippen molar-refractivity contribution in [1.82, 2.24) is 0 Å². The Hall–Kier alpha value is -2.84. The van der Waals surface area contributed by atoms with Crippen molar-refractivity contribution in [3.05, 3.63) is 28.8 Å². The summed E-state index contributed by atoms with van der Waals surface area (Å²) in [4.78, 5) is 0. The van der Waals surface area contributed by atoms with Crippen LogP contribution in [-0.4, -0.2) is 25.5 Å². The molecule has 9 heteroatoms. The van der Waals surface area contributed by atoms with E-state index in [1.54, 1.807) is 0 Å². The van der Waals surface area contributed by atoms with Gasteiger partial charge in [-0.3, -0.25) is 0 Å². The molecule has 25 heavy (non-hydrogen) atoms. The van der Waals surface area contributed by atoms with Gasteiger partial charge in [-0.05, 0) is 6.42 Å². The molecule has 0 unspecified atom stereocenters. The topological polar surface area (TPSA) is 101 Å². The minimum Gasteiger partial charge on any atom is -0.504 e. The number of hydrogen-bond donors (Lipinski definition) is 5. The summed E-state index contributed by atoms with van der Waals surface area (Å²) >= 11 is 0. The molecule has 0 aliphatic carbocycles. The van der Waals surface area contributed by atoms with Gasteiger partial charge in [0, 0.05) is 5.56 Å². The van der Waals surface area contributed by atoms with Crippen LogP contribution in [0.4, 0.5) is 17.6 Å². The van der Waals surface area contributed by atoms with Crippen molar-refractivity contribution in [2.75, 3.05) is 0 Å². The summed E-state index contributed by atoms with van der Waals surface area (Å²) in [5.74, 6) is -14.6. The van der Waals surface area contributed by atoms with Crippen LogP contribution in [-0.2, 0) is 6.42 Å². The van der Waals surface area contributed by atoms with E-state index in [4.69, 9.17) is 0 Å². The van der Waals surface area contributed by atoms with E-state index in [1.807, 2.05) is 13.8 Å². The molecule has 0 atom stereocenters. The molecule has 138 valence electrons. The molecule has 0 bridgehead atoms. The van der Waals surface area contributed by atoms with E-state index < -0.39 is 68.7 Å². The molecule has 5 N–H and O–H groups in total. The molecule has 0 amide bonds. The Bertz CT molecular complexity index is 763. The lowest BCUT2D eigenvalue weighted by atomic mass is 9.97. The third kappa shape index (κ3) is 2.97. The van der Waals surface area contributed by atoms with E-state index >= 15 is 0 Å². The van der Waals surface area contributed by atoms with Gasteiger partial charge in [0.15, 0.2) is 34.8 Å². The predicted octanol–water partition coefficient (Wildman–Crippen LogP) is 4.03. The summed E-state index contributed by atoms with van der Waals surface area (Å²) in [6, 6.07) is 0. The van der Waals surface area contributed by atoms with E-state index in [9.17, 15) is 43.1 Å². The third-order valence-electron chi connectivity index (χ3n) is 3.33. The molecular formula is C16H16F4O5. The van der Waals surface area contributed by atoms with Crippen molar-refractivity contribution in [2.45, 2.75) is 27.2 Å². The molecule has 0 aliphatic rings. The minimum atomic E-state index is -1.95. The second kappa shape index (κ2) is 7.37. The number of benzene rings is 2. The number of aromatic hydroxyl groups is 5. The van der Waals surface area contributed by atoms with E-state index in [1.165, 1.54) is 6.92 Å². The van der Waals surface area contributed by atoms with Gasteiger partial charge in [0.2, 0.25) is 17.2 Å². The zero-order valence-corrected chi connectivity index (χ0v) is 13.5. The molecule has 0 aromatic heterocycles. The van der Waals surface area contributed by atoms with Crippen LogP contribution in [0.5, 0.6) is 28.7 Å². The first-order valence-corrected chi connectivity index (χ1v) is 7.18. The summed E-state index contributed by atoms with van der Waals surface area (Å²) in [6.07, 6.45) is -0.379. The van der Waals surface area contributed by atoms with Gasteiger partial charge in [0.25, 0.3) is 0 Å². The second-order valence-electron chi connectivity index (χ2n) is 4.58. The Morgan fingerprint density at radius 2 is 0.880 bits per heavy atom. The highest BCUT2D eigenvalue weighted by atomic mass is 19.2. The summed E-state index contributed by atoms with van der Waals surface area (Å²) in [7, 11) is 0. The summed E-state index contributed by atoms with van der Waals surface area (Å²) < 4.78 is 55.8. The minimum absolute atomic E-state index is 0.379. The van der Waals surface area contributed by atoms with E-state index in [0.29, 0.717) is 0 Å². The Morgan fingerprint density at radius 1 is 0.560 bits per heavy atom. The highest BCUT2D eigenvalue weighted by Crippen LogP contribution is 2.55. The molecule has 2 aromatic carbocycles. The second-order valence-corrected chi connectivity index (χ2v) is 4.58. The highest BCUT2D eigenvalue weighted by molar-refractivity contribution is 5.85. The fraction of sp³-hybridized carbons (Fsp3) is 0.250. The molecule has 0 spiro atoms. The molecule has 0 heterocycles. The molecule has 0 saturated heterocycles. The first-order chi connectivity index (χ1) is 11.6. The molecule has 0 saturated carbocycles. The van der Waals surface area contributed by atoms with Crippen molar-refractivity contribution < 1.29 is 43.1 Å². The standard InChI is InChI=1S/C14H10F4O5.C2H6/c1-2-3-6(15)8(17)4(9(18)7(3)16)5-10(19)12(21)14(23)13(22)11(5)20;1-2/h19-23H,2H2,1H3;1-2H3. The van der Waals surface area contributed by atoms with Crippen molar-refractivity contribution >= 4 is 0 Å². The quantitative estimate of drug-likeness (QED) is 0.240.